The number of aromatic nitrogens is 1. The Hall–Kier alpha value is -2.50. The molecule has 0 saturated heterocycles. The summed E-state index contributed by atoms with van der Waals surface area (Å²) in [6.45, 7) is 1.09. The molecule has 0 N–H and O–H groups in total. The Bertz CT molecular complexity index is 635. The van der Waals surface area contributed by atoms with Crippen LogP contribution in [0, 0.1) is 15.9 Å². The van der Waals surface area contributed by atoms with Crippen LogP contribution in [0.4, 0.5) is 15.8 Å². The Kier molecular flexibility index (Phi) is 2.63. The number of benzene rings is 1. The molecule has 0 aliphatic carbocycles. The number of anilines is 1. The summed E-state index contributed by atoms with van der Waals surface area (Å²) in [4.78, 5) is 16.0. The summed E-state index contributed by atoms with van der Waals surface area (Å²) in [7, 11) is 0. The van der Waals surface area contributed by atoms with Gasteiger partial charge in [0.15, 0.2) is 5.82 Å². The van der Waals surface area contributed by atoms with E-state index in [-0.39, 0.29) is 5.69 Å². The van der Waals surface area contributed by atoms with Crippen LogP contribution in [0.25, 0.3) is 0 Å². The van der Waals surface area contributed by atoms with E-state index in [4.69, 9.17) is 0 Å². The van der Waals surface area contributed by atoms with Crippen LogP contribution in [-0.2, 0) is 13.1 Å². The van der Waals surface area contributed by atoms with E-state index in [1.165, 1.54) is 12.1 Å². The predicted octanol–water partition coefficient (Wildman–Crippen LogP) is 2.65. The molecule has 0 fully saturated rings. The molecule has 6 heteroatoms. The number of fused-ring (bicyclic) bond motifs is 1. The summed E-state index contributed by atoms with van der Waals surface area (Å²) in [5.74, 6) is -0.581. The maximum atomic E-state index is 13.9. The molecule has 3 rings (SSSR count). The lowest BCUT2D eigenvalue weighted by atomic mass is 10.2. The monoisotopic (exact) mass is 259 g/mol. The zero-order chi connectivity index (χ0) is 13.4. The Morgan fingerprint density at radius 3 is 2.84 bits per heavy atom. The lowest BCUT2D eigenvalue weighted by Crippen LogP contribution is -2.16. The minimum absolute atomic E-state index is 0.240. The second kappa shape index (κ2) is 4.31. The molecule has 1 aromatic carbocycles. The van der Waals surface area contributed by atoms with Crippen molar-refractivity contribution in [1.82, 2.24) is 4.98 Å². The first kappa shape index (κ1) is 11.6. The lowest BCUT2D eigenvalue weighted by Gasteiger charge is -2.17. The Morgan fingerprint density at radius 1 is 1.32 bits per heavy atom. The topological polar surface area (TPSA) is 59.3 Å². The van der Waals surface area contributed by atoms with Gasteiger partial charge in [0.1, 0.15) is 0 Å². The van der Waals surface area contributed by atoms with Crippen molar-refractivity contribution in [2.24, 2.45) is 0 Å². The van der Waals surface area contributed by atoms with Gasteiger partial charge in [0.2, 0.25) is 0 Å². The number of rotatable bonds is 2. The minimum Gasteiger partial charge on any atom is -0.359 e. The molecule has 0 bridgehead atoms. The van der Waals surface area contributed by atoms with E-state index in [0.29, 0.717) is 18.8 Å². The summed E-state index contributed by atoms with van der Waals surface area (Å²) in [6.07, 6.45) is 1.70. The Balaban J connectivity index is 1.91. The number of nitro benzene ring substituents is 1. The maximum Gasteiger partial charge on any atom is 0.272 e. The van der Waals surface area contributed by atoms with Gasteiger partial charge in [-0.05, 0) is 17.7 Å². The number of pyridine rings is 1. The van der Waals surface area contributed by atoms with Crippen LogP contribution in [0.15, 0.2) is 36.5 Å². The third-order valence-electron chi connectivity index (χ3n) is 3.17. The van der Waals surface area contributed by atoms with Crippen molar-refractivity contribution in [2.45, 2.75) is 13.1 Å². The van der Waals surface area contributed by atoms with Gasteiger partial charge in [-0.1, -0.05) is 6.07 Å². The molecule has 5 nitrogen and oxygen atoms in total. The van der Waals surface area contributed by atoms with Crippen LogP contribution in [0.5, 0.6) is 0 Å². The van der Waals surface area contributed by atoms with Crippen molar-refractivity contribution in [2.75, 3.05) is 4.90 Å². The SMILES string of the molecule is O=[N+]([O-])c1ccc(N2Cc3cccnc3C2)c(F)c1. The number of hydrogen-bond donors (Lipinski definition) is 0. The standard InChI is InChI=1S/C13H10FN3O2/c14-11-6-10(17(18)19)3-4-13(11)16-7-9-2-1-5-15-12(9)8-16/h1-6H,7-8H2. The third-order valence-corrected chi connectivity index (χ3v) is 3.17. The Labute approximate surface area is 108 Å². The lowest BCUT2D eigenvalue weighted by molar-refractivity contribution is -0.385. The van der Waals surface area contributed by atoms with Crippen LogP contribution in [0.1, 0.15) is 11.3 Å². The number of nitrogens with zero attached hydrogens (tertiary/aromatic N) is 3. The molecular weight excluding hydrogens is 249 g/mol. The van der Waals surface area contributed by atoms with E-state index in [2.05, 4.69) is 4.98 Å². The fourth-order valence-electron chi connectivity index (χ4n) is 2.24. The second-order valence-corrected chi connectivity index (χ2v) is 4.36. The van der Waals surface area contributed by atoms with Crippen LogP contribution >= 0.6 is 0 Å². The smallest absolute Gasteiger partial charge is 0.272 e. The van der Waals surface area contributed by atoms with E-state index >= 15 is 0 Å². The zero-order valence-corrected chi connectivity index (χ0v) is 9.91. The predicted molar refractivity (Wildman–Crippen MR) is 67.2 cm³/mol. The fraction of sp³-hybridized carbons (Fsp3) is 0.154. The molecule has 1 aliphatic rings. The molecule has 2 heterocycles. The van der Waals surface area contributed by atoms with Crippen molar-refractivity contribution in [3.63, 3.8) is 0 Å². The largest absolute Gasteiger partial charge is 0.359 e. The summed E-state index contributed by atoms with van der Waals surface area (Å²) in [5, 5.41) is 10.6. The number of nitro groups is 1. The van der Waals surface area contributed by atoms with Crippen molar-refractivity contribution in [1.29, 1.82) is 0 Å². The zero-order valence-electron chi connectivity index (χ0n) is 9.91. The van der Waals surface area contributed by atoms with Gasteiger partial charge in [-0.2, -0.15) is 0 Å². The van der Waals surface area contributed by atoms with Gasteiger partial charge in [0.05, 0.1) is 28.9 Å². The van der Waals surface area contributed by atoms with Gasteiger partial charge in [-0.3, -0.25) is 15.1 Å². The molecule has 0 radical (unpaired) electrons. The van der Waals surface area contributed by atoms with Crippen molar-refractivity contribution in [3.8, 4) is 0 Å². The van der Waals surface area contributed by atoms with Crippen LogP contribution < -0.4 is 4.90 Å². The maximum absolute atomic E-state index is 13.9. The first-order chi connectivity index (χ1) is 9.15. The molecule has 19 heavy (non-hydrogen) atoms. The number of halogens is 1. The molecule has 1 aliphatic heterocycles. The molecule has 1 aromatic heterocycles. The first-order valence-corrected chi connectivity index (χ1v) is 5.77. The molecule has 0 saturated carbocycles. The van der Waals surface area contributed by atoms with Crippen molar-refractivity contribution < 1.29 is 9.31 Å². The second-order valence-electron chi connectivity index (χ2n) is 4.36. The average molecular weight is 259 g/mol. The highest BCUT2D eigenvalue weighted by Gasteiger charge is 2.23. The van der Waals surface area contributed by atoms with Gasteiger partial charge >= 0.3 is 0 Å². The van der Waals surface area contributed by atoms with E-state index in [1.807, 2.05) is 17.0 Å². The van der Waals surface area contributed by atoms with Gasteiger partial charge in [0, 0.05) is 18.8 Å². The highest BCUT2D eigenvalue weighted by Crippen LogP contribution is 2.30. The number of hydrogen-bond acceptors (Lipinski definition) is 4. The van der Waals surface area contributed by atoms with E-state index in [1.54, 1.807) is 6.20 Å². The van der Waals surface area contributed by atoms with Crippen molar-refractivity contribution >= 4 is 11.4 Å². The van der Waals surface area contributed by atoms with E-state index < -0.39 is 10.7 Å². The fourth-order valence-corrected chi connectivity index (χ4v) is 2.24. The van der Waals surface area contributed by atoms with Gasteiger partial charge < -0.3 is 4.90 Å². The van der Waals surface area contributed by atoms with Gasteiger partial charge in [-0.25, -0.2) is 4.39 Å². The normalized spacial score (nSPS) is 13.4. The van der Waals surface area contributed by atoms with E-state index in [0.717, 1.165) is 17.3 Å². The van der Waals surface area contributed by atoms with E-state index in [9.17, 15) is 14.5 Å². The van der Waals surface area contributed by atoms with Gasteiger partial charge in [-0.15, -0.1) is 0 Å². The first-order valence-electron chi connectivity index (χ1n) is 5.77. The summed E-state index contributed by atoms with van der Waals surface area (Å²) < 4.78 is 13.9. The molecule has 0 unspecified atom stereocenters. The molecule has 0 spiro atoms. The van der Waals surface area contributed by atoms with Gasteiger partial charge in [0.25, 0.3) is 5.69 Å². The van der Waals surface area contributed by atoms with Crippen molar-refractivity contribution in [3.05, 3.63) is 63.7 Å². The van der Waals surface area contributed by atoms with Crippen LogP contribution in [0.3, 0.4) is 0 Å². The quantitative estimate of drug-likeness (QED) is 0.614. The highest BCUT2D eigenvalue weighted by molar-refractivity contribution is 5.55. The molecule has 0 atom stereocenters. The molecule has 0 amide bonds. The van der Waals surface area contributed by atoms with Crippen LogP contribution in [-0.4, -0.2) is 9.91 Å². The highest BCUT2D eigenvalue weighted by atomic mass is 19.1. The summed E-state index contributed by atoms with van der Waals surface area (Å²) in [5.41, 5.74) is 2.10. The third kappa shape index (κ3) is 2.01. The average Bonchev–Trinajstić information content (AvgIpc) is 2.81. The molecule has 2 aromatic rings. The molecule has 96 valence electrons. The number of non-ortho nitro benzene ring substituents is 1. The Morgan fingerprint density at radius 2 is 2.16 bits per heavy atom. The molecular formula is C13H10FN3O2. The summed E-state index contributed by atoms with van der Waals surface area (Å²) >= 11 is 0. The van der Waals surface area contributed by atoms with Crippen LogP contribution in [0.2, 0.25) is 0 Å². The minimum atomic E-state index is -0.604. The summed E-state index contributed by atoms with van der Waals surface area (Å²) in [6, 6.07) is 7.50.